The van der Waals surface area contributed by atoms with Crippen LogP contribution in [0.4, 0.5) is 10.1 Å². The van der Waals surface area contributed by atoms with Crippen molar-refractivity contribution in [2.75, 3.05) is 18.5 Å². The number of rotatable bonds is 4. The van der Waals surface area contributed by atoms with E-state index in [2.05, 4.69) is 29.8 Å². The summed E-state index contributed by atoms with van der Waals surface area (Å²) in [6, 6.07) is 4.95. The highest BCUT2D eigenvalue weighted by molar-refractivity contribution is 9.10. The molecule has 0 unspecified atom stereocenters. The summed E-state index contributed by atoms with van der Waals surface area (Å²) in [6.45, 7) is 4.70. The molecule has 0 aliphatic rings. The SMILES string of the molecule is CN(c1cc(Br)ccc1F)C(C)(C)CCN. The smallest absolute Gasteiger partial charge is 0.146 e. The van der Waals surface area contributed by atoms with Crippen molar-refractivity contribution in [1.29, 1.82) is 0 Å². The van der Waals surface area contributed by atoms with Crippen molar-refractivity contribution in [2.45, 2.75) is 25.8 Å². The molecule has 1 rings (SSSR count). The van der Waals surface area contributed by atoms with Crippen molar-refractivity contribution in [2.24, 2.45) is 5.73 Å². The quantitative estimate of drug-likeness (QED) is 0.922. The molecule has 0 radical (unpaired) electrons. The molecule has 4 heteroatoms. The molecule has 90 valence electrons. The van der Waals surface area contributed by atoms with Gasteiger partial charge < -0.3 is 10.6 Å². The largest absolute Gasteiger partial charge is 0.367 e. The first-order chi connectivity index (χ1) is 7.38. The van der Waals surface area contributed by atoms with Gasteiger partial charge in [-0.2, -0.15) is 0 Å². The highest BCUT2D eigenvalue weighted by Gasteiger charge is 2.24. The van der Waals surface area contributed by atoms with Gasteiger partial charge >= 0.3 is 0 Å². The van der Waals surface area contributed by atoms with Crippen LogP contribution in [-0.2, 0) is 0 Å². The summed E-state index contributed by atoms with van der Waals surface area (Å²) in [6.07, 6.45) is 0.815. The zero-order valence-corrected chi connectivity index (χ0v) is 11.5. The van der Waals surface area contributed by atoms with Crippen LogP contribution in [0.15, 0.2) is 22.7 Å². The average Bonchev–Trinajstić information content (AvgIpc) is 2.20. The van der Waals surface area contributed by atoms with E-state index < -0.39 is 0 Å². The predicted molar refractivity (Wildman–Crippen MR) is 70.3 cm³/mol. The minimum absolute atomic E-state index is 0.156. The van der Waals surface area contributed by atoms with Crippen LogP contribution in [0.5, 0.6) is 0 Å². The lowest BCUT2D eigenvalue weighted by Crippen LogP contribution is -2.43. The van der Waals surface area contributed by atoms with Gasteiger partial charge in [0.1, 0.15) is 5.82 Å². The van der Waals surface area contributed by atoms with Gasteiger partial charge in [-0.1, -0.05) is 15.9 Å². The van der Waals surface area contributed by atoms with Gasteiger partial charge in [0.2, 0.25) is 0 Å². The van der Waals surface area contributed by atoms with Crippen molar-refractivity contribution >= 4 is 21.6 Å². The molecule has 0 heterocycles. The summed E-state index contributed by atoms with van der Waals surface area (Å²) in [5.74, 6) is -0.212. The first-order valence-corrected chi connectivity index (χ1v) is 6.07. The molecular formula is C12H18BrFN2. The second-order valence-electron chi connectivity index (χ2n) is 4.51. The topological polar surface area (TPSA) is 29.3 Å². The summed E-state index contributed by atoms with van der Waals surface area (Å²) in [5, 5.41) is 0. The molecule has 0 fully saturated rings. The van der Waals surface area contributed by atoms with Crippen molar-refractivity contribution in [1.82, 2.24) is 0 Å². The number of nitrogens with zero attached hydrogens (tertiary/aromatic N) is 1. The Balaban J connectivity index is 3.03. The van der Waals surface area contributed by atoms with E-state index in [1.807, 2.05) is 11.9 Å². The van der Waals surface area contributed by atoms with Crippen molar-refractivity contribution < 1.29 is 4.39 Å². The maximum absolute atomic E-state index is 13.7. The van der Waals surface area contributed by atoms with Crippen LogP contribution >= 0.6 is 15.9 Å². The van der Waals surface area contributed by atoms with Crippen LogP contribution in [0, 0.1) is 5.82 Å². The Hall–Kier alpha value is -0.610. The number of benzene rings is 1. The third-order valence-electron chi connectivity index (χ3n) is 2.93. The number of hydrogen-bond acceptors (Lipinski definition) is 2. The Morgan fingerprint density at radius 3 is 2.62 bits per heavy atom. The van der Waals surface area contributed by atoms with Crippen molar-refractivity contribution in [3.8, 4) is 0 Å². The first-order valence-electron chi connectivity index (χ1n) is 5.27. The number of hydrogen-bond donors (Lipinski definition) is 1. The molecule has 1 aromatic carbocycles. The average molecular weight is 289 g/mol. The van der Waals surface area contributed by atoms with E-state index in [4.69, 9.17) is 5.73 Å². The second-order valence-corrected chi connectivity index (χ2v) is 5.42. The third-order valence-corrected chi connectivity index (χ3v) is 3.43. The van der Waals surface area contributed by atoms with Gasteiger partial charge in [-0.25, -0.2) is 4.39 Å². The fourth-order valence-corrected chi connectivity index (χ4v) is 1.94. The van der Waals surface area contributed by atoms with Crippen LogP contribution in [0.1, 0.15) is 20.3 Å². The van der Waals surface area contributed by atoms with E-state index >= 15 is 0 Å². The Morgan fingerprint density at radius 1 is 1.44 bits per heavy atom. The summed E-state index contributed by atoms with van der Waals surface area (Å²) >= 11 is 3.35. The normalized spacial score (nSPS) is 11.6. The summed E-state index contributed by atoms with van der Waals surface area (Å²) in [7, 11) is 1.89. The van der Waals surface area contributed by atoms with E-state index in [1.165, 1.54) is 6.07 Å². The Labute approximate surface area is 105 Å². The molecule has 0 aliphatic heterocycles. The van der Waals surface area contributed by atoms with Crippen LogP contribution < -0.4 is 10.6 Å². The van der Waals surface area contributed by atoms with Gasteiger partial charge in [0.25, 0.3) is 0 Å². The van der Waals surface area contributed by atoms with Crippen LogP contribution in [0.3, 0.4) is 0 Å². The molecule has 0 bridgehead atoms. The predicted octanol–water partition coefficient (Wildman–Crippen LogP) is 3.15. The molecule has 2 N–H and O–H groups in total. The monoisotopic (exact) mass is 288 g/mol. The fraction of sp³-hybridized carbons (Fsp3) is 0.500. The molecule has 0 aliphatic carbocycles. The molecule has 0 spiro atoms. The van der Waals surface area contributed by atoms with Gasteiger partial charge in [-0.3, -0.25) is 0 Å². The Bertz CT molecular complexity index is 366. The van der Waals surface area contributed by atoms with Crippen LogP contribution in [-0.4, -0.2) is 19.1 Å². The molecule has 0 atom stereocenters. The molecule has 0 amide bonds. The standard InChI is InChI=1S/C12H18BrFN2/c1-12(2,6-7-15)16(3)11-8-9(13)4-5-10(11)14/h4-5,8H,6-7,15H2,1-3H3. The van der Waals surface area contributed by atoms with E-state index in [0.29, 0.717) is 12.2 Å². The molecular weight excluding hydrogens is 271 g/mol. The van der Waals surface area contributed by atoms with E-state index in [-0.39, 0.29) is 11.4 Å². The lowest BCUT2D eigenvalue weighted by atomic mass is 9.98. The molecule has 0 aromatic heterocycles. The van der Waals surface area contributed by atoms with Gasteiger partial charge in [0.15, 0.2) is 0 Å². The van der Waals surface area contributed by atoms with Gasteiger partial charge in [0.05, 0.1) is 5.69 Å². The Morgan fingerprint density at radius 2 is 2.06 bits per heavy atom. The fourth-order valence-electron chi connectivity index (χ4n) is 1.59. The number of anilines is 1. The summed E-state index contributed by atoms with van der Waals surface area (Å²) in [4.78, 5) is 1.93. The lowest BCUT2D eigenvalue weighted by molar-refractivity contribution is 0.449. The van der Waals surface area contributed by atoms with Gasteiger partial charge in [0, 0.05) is 17.1 Å². The number of halogens is 2. The number of nitrogens with two attached hydrogens (primary N) is 1. The van der Waals surface area contributed by atoms with Gasteiger partial charge in [-0.05, 0) is 45.0 Å². The third kappa shape index (κ3) is 2.95. The summed E-state index contributed by atoms with van der Waals surface area (Å²) < 4.78 is 14.6. The maximum Gasteiger partial charge on any atom is 0.146 e. The zero-order valence-electron chi connectivity index (χ0n) is 9.93. The highest BCUT2D eigenvalue weighted by atomic mass is 79.9. The zero-order chi connectivity index (χ0) is 12.3. The molecule has 1 aromatic rings. The highest BCUT2D eigenvalue weighted by Crippen LogP contribution is 2.29. The molecule has 16 heavy (non-hydrogen) atoms. The molecule has 0 saturated carbocycles. The van der Waals surface area contributed by atoms with E-state index in [1.54, 1.807) is 12.1 Å². The Kier molecular flexibility index (Phi) is 4.33. The van der Waals surface area contributed by atoms with Crippen molar-refractivity contribution in [3.63, 3.8) is 0 Å². The van der Waals surface area contributed by atoms with Crippen LogP contribution in [0.2, 0.25) is 0 Å². The van der Waals surface area contributed by atoms with E-state index in [0.717, 1.165) is 10.9 Å². The first kappa shape index (κ1) is 13.5. The van der Waals surface area contributed by atoms with Crippen LogP contribution in [0.25, 0.3) is 0 Å². The lowest BCUT2D eigenvalue weighted by Gasteiger charge is -2.37. The molecule has 0 saturated heterocycles. The summed E-state index contributed by atoms with van der Waals surface area (Å²) in [5.41, 5.74) is 6.00. The minimum atomic E-state index is -0.212. The van der Waals surface area contributed by atoms with E-state index in [9.17, 15) is 4.39 Å². The van der Waals surface area contributed by atoms with Crippen molar-refractivity contribution in [3.05, 3.63) is 28.5 Å². The maximum atomic E-state index is 13.7. The van der Waals surface area contributed by atoms with Gasteiger partial charge in [-0.15, -0.1) is 0 Å². The second kappa shape index (κ2) is 5.15. The molecule has 2 nitrogen and oxygen atoms in total. The minimum Gasteiger partial charge on any atom is -0.367 e.